The summed E-state index contributed by atoms with van der Waals surface area (Å²) in [5.41, 5.74) is 0.536. The van der Waals surface area contributed by atoms with Gasteiger partial charge in [0.05, 0.1) is 5.02 Å². The fourth-order valence-corrected chi connectivity index (χ4v) is 3.11. The van der Waals surface area contributed by atoms with Crippen molar-refractivity contribution in [1.82, 2.24) is 5.32 Å². The van der Waals surface area contributed by atoms with Crippen molar-refractivity contribution in [3.8, 4) is 0 Å². The minimum atomic E-state index is -2.53. The van der Waals surface area contributed by atoms with Crippen molar-refractivity contribution in [1.29, 1.82) is 0 Å². The average molecular weight is 306 g/mol. The molecule has 1 aliphatic rings. The maximum absolute atomic E-state index is 13.9. The van der Waals surface area contributed by atoms with Crippen molar-refractivity contribution in [3.05, 3.63) is 34.6 Å². The van der Waals surface area contributed by atoms with Crippen molar-refractivity contribution in [3.63, 3.8) is 0 Å². The Morgan fingerprint density at radius 2 is 2.00 bits per heavy atom. The third kappa shape index (κ3) is 3.67. The molecule has 1 N–H and O–H groups in total. The highest BCUT2D eigenvalue weighted by molar-refractivity contribution is 6.30. The van der Waals surface area contributed by atoms with Crippen molar-refractivity contribution >= 4 is 11.6 Å². The number of benzene rings is 1. The first kappa shape index (κ1) is 15.6. The highest BCUT2D eigenvalue weighted by Crippen LogP contribution is 2.38. The van der Waals surface area contributed by atoms with Crippen molar-refractivity contribution in [2.75, 3.05) is 7.05 Å². The zero-order valence-electron chi connectivity index (χ0n) is 11.4. The third-order valence-electron chi connectivity index (χ3n) is 4.17. The molecule has 2 rings (SSSR count). The van der Waals surface area contributed by atoms with E-state index in [-0.39, 0.29) is 29.8 Å². The second kappa shape index (κ2) is 6.35. The van der Waals surface area contributed by atoms with Crippen molar-refractivity contribution in [2.24, 2.45) is 5.92 Å². The Balaban J connectivity index is 2.04. The lowest BCUT2D eigenvalue weighted by molar-refractivity contribution is -0.0493. The van der Waals surface area contributed by atoms with E-state index in [0.29, 0.717) is 24.8 Å². The second-order valence-corrected chi connectivity index (χ2v) is 5.91. The van der Waals surface area contributed by atoms with Crippen LogP contribution < -0.4 is 5.32 Å². The van der Waals surface area contributed by atoms with Crippen LogP contribution in [0.2, 0.25) is 5.02 Å². The zero-order valence-corrected chi connectivity index (χ0v) is 12.2. The molecule has 0 bridgehead atoms. The number of alkyl halides is 2. The predicted molar refractivity (Wildman–Crippen MR) is 74.9 cm³/mol. The Morgan fingerprint density at radius 3 is 2.60 bits per heavy atom. The molecule has 0 saturated heterocycles. The van der Waals surface area contributed by atoms with Gasteiger partial charge in [0.2, 0.25) is 5.92 Å². The smallest absolute Gasteiger partial charge is 0.248 e. The van der Waals surface area contributed by atoms with E-state index < -0.39 is 11.7 Å². The second-order valence-electron chi connectivity index (χ2n) is 5.51. The lowest BCUT2D eigenvalue weighted by atomic mass is 9.80. The lowest BCUT2D eigenvalue weighted by Crippen LogP contribution is -2.39. The van der Waals surface area contributed by atoms with Gasteiger partial charge in [0, 0.05) is 18.9 Å². The summed E-state index contributed by atoms with van der Waals surface area (Å²) >= 11 is 5.77. The summed E-state index contributed by atoms with van der Waals surface area (Å²) in [7, 11) is 1.79. The number of rotatable bonds is 4. The lowest BCUT2D eigenvalue weighted by Gasteiger charge is -2.33. The molecule has 5 heteroatoms. The van der Waals surface area contributed by atoms with Crippen LogP contribution in [0.4, 0.5) is 13.2 Å². The van der Waals surface area contributed by atoms with Gasteiger partial charge in [0.15, 0.2) is 0 Å². The topological polar surface area (TPSA) is 12.0 Å². The Labute approximate surface area is 122 Å². The Hall–Kier alpha value is -0.740. The van der Waals surface area contributed by atoms with Crippen molar-refractivity contribution < 1.29 is 13.2 Å². The van der Waals surface area contributed by atoms with Gasteiger partial charge in [-0.05, 0) is 43.9 Å². The minimum absolute atomic E-state index is 0.000864. The standard InChI is InChI=1S/C15H19ClF3N/c1-20-13(10-5-7-15(18,19)8-6-10)9-11-3-2-4-12(16)14(11)17/h2-4,10,13,20H,5-9H2,1H3. The zero-order chi connectivity index (χ0) is 14.8. The van der Waals surface area contributed by atoms with Crippen LogP contribution >= 0.6 is 11.6 Å². The predicted octanol–water partition coefficient (Wildman–Crippen LogP) is 4.44. The van der Waals surface area contributed by atoms with Gasteiger partial charge in [-0.25, -0.2) is 13.2 Å². The monoisotopic (exact) mass is 305 g/mol. The molecule has 0 heterocycles. The maximum atomic E-state index is 13.9. The largest absolute Gasteiger partial charge is 0.316 e. The quantitative estimate of drug-likeness (QED) is 0.867. The van der Waals surface area contributed by atoms with E-state index in [1.807, 2.05) is 0 Å². The van der Waals surface area contributed by atoms with Crippen LogP contribution in [0.1, 0.15) is 31.2 Å². The normalized spacial score (nSPS) is 20.9. The summed E-state index contributed by atoms with van der Waals surface area (Å²) in [6.45, 7) is 0. The molecular weight excluding hydrogens is 287 g/mol. The molecule has 0 aromatic heterocycles. The van der Waals surface area contributed by atoms with E-state index in [1.54, 1.807) is 19.2 Å². The van der Waals surface area contributed by atoms with Gasteiger partial charge in [-0.2, -0.15) is 0 Å². The molecule has 20 heavy (non-hydrogen) atoms. The van der Waals surface area contributed by atoms with E-state index >= 15 is 0 Å². The van der Waals surface area contributed by atoms with Crippen LogP contribution in [-0.4, -0.2) is 19.0 Å². The minimum Gasteiger partial charge on any atom is -0.316 e. The molecule has 0 aliphatic heterocycles. The molecule has 1 atom stereocenters. The number of likely N-dealkylation sites (N-methyl/N-ethyl adjacent to an activating group) is 1. The third-order valence-corrected chi connectivity index (χ3v) is 4.46. The molecule has 1 aromatic carbocycles. The van der Waals surface area contributed by atoms with Gasteiger partial charge in [-0.3, -0.25) is 0 Å². The van der Waals surface area contributed by atoms with Gasteiger partial charge in [-0.1, -0.05) is 23.7 Å². The highest BCUT2D eigenvalue weighted by atomic mass is 35.5. The van der Waals surface area contributed by atoms with Crippen LogP contribution in [0.25, 0.3) is 0 Å². The van der Waals surface area contributed by atoms with Crippen LogP contribution in [-0.2, 0) is 6.42 Å². The van der Waals surface area contributed by atoms with Gasteiger partial charge >= 0.3 is 0 Å². The Bertz CT molecular complexity index is 454. The summed E-state index contributed by atoms with van der Waals surface area (Å²) in [5, 5.41) is 3.24. The molecule has 112 valence electrons. The fraction of sp³-hybridized carbons (Fsp3) is 0.600. The molecular formula is C15H19ClF3N. The van der Waals surface area contributed by atoms with Crippen LogP contribution in [0, 0.1) is 11.7 Å². The summed E-state index contributed by atoms with van der Waals surface area (Å²) in [5.74, 6) is -2.79. The number of halogens is 4. The van der Waals surface area contributed by atoms with Crippen molar-refractivity contribution in [2.45, 2.75) is 44.1 Å². The van der Waals surface area contributed by atoms with Crippen LogP contribution in [0.3, 0.4) is 0 Å². The molecule has 1 aromatic rings. The summed E-state index contributed by atoms with van der Waals surface area (Å²) in [6, 6.07) is 4.92. The van der Waals surface area contributed by atoms with Crippen LogP contribution in [0.5, 0.6) is 0 Å². The Morgan fingerprint density at radius 1 is 1.35 bits per heavy atom. The molecule has 1 nitrogen and oxygen atoms in total. The number of hydrogen-bond donors (Lipinski definition) is 1. The van der Waals surface area contributed by atoms with E-state index in [4.69, 9.17) is 11.6 Å². The molecule has 1 fully saturated rings. The van der Waals surface area contributed by atoms with Gasteiger partial charge in [0.1, 0.15) is 5.82 Å². The SMILES string of the molecule is CNC(Cc1cccc(Cl)c1F)C1CCC(F)(F)CC1. The molecule has 1 saturated carbocycles. The molecule has 0 spiro atoms. The summed E-state index contributed by atoms with van der Waals surface area (Å²) < 4.78 is 40.3. The molecule has 0 amide bonds. The highest BCUT2D eigenvalue weighted by Gasteiger charge is 2.37. The van der Waals surface area contributed by atoms with Gasteiger partial charge in [0.25, 0.3) is 0 Å². The van der Waals surface area contributed by atoms with E-state index in [0.717, 1.165) is 0 Å². The van der Waals surface area contributed by atoms with Gasteiger partial charge < -0.3 is 5.32 Å². The molecule has 1 aliphatic carbocycles. The average Bonchev–Trinajstić information content (AvgIpc) is 2.41. The fourth-order valence-electron chi connectivity index (χ4n) is 2.91. The first-order valence-corrected chi connectivity index (χ1v) is 7.29. The number of nitrogens with one attached hydrogen (secondary N) is 1. The van der Waals surface area contributed by atoms with Gasteiger partial charge in [-0.15, -0.1) is 0 Å². The number of hydrogen-bond acceptors (Lipinski definition) is 1. The molecule has 1 unspecified atom stereocenters. The van der Waals surface area contributed by atoms with E-state index in [1.165, 1.54) is 6.07 Å². The Kier molecular flexibility index (Phi) is 4.97. The first-order chi connectivity index (χ1) is 9.43. The summed E-state index contributed by atoms with van der Waals surface area (Å²) in [6.07, 6.45) is 1.27. The van der Waals surface area contributed by atoms with E-state index in [2.05, 4.69) is 5.32 Å². The molecule has 0 radical (unpaired) electrons. The first-order valence-electron chi connectivity index (χ1n) is 6.91. The van der Waals surface area contributed by atoms with E-state index in [9.17, 15) is 13.2 Å². The summed E-state index contributed by atoms with van der Waals surface area (Å²) in [4.78, 5) is 0. The maximum Gasteiger partial charge on any atom is 0.248 e. The van der Waals surface area contributed by atoms with Crippen LogP contribution in [0.15, 0.2) is 18.2 Å².